The largest absolute Gasteiger partial charge is 0.379 e. The molecule has 0 atom stereocenters. The van der Waals surface area contributed by atoms with E-state index < -0.39 is 0 Å². The summed E-state index contributed by atoms with van der Waals surface area (Å²) >= 11 is 0. The van der Waals surface area contributed by atoms with E-state index in [1.165, 1.54) is 0 Å². The molecule has 14 heavy (non-hydrogen) atoms. The Morgan fingerprint density at radius 1 is 0.571 bits per heavy atom. The van der Waals surface area contributed by atoms with Crippen molar-refractivity contribution in [3.8, 4) is 0 Å². The Balaban J connectivity index is 2.09. The van der Waals surface area contributed by atoms with Crippen LogP contribution in [0.4, 0.5) is 0 Å². The van der Waals surface area contributed by atoms with Crippen LogP contribution in [-0.2, 0) is 14.2 Å². The van der Waals surface area contributed by atoms with Crippen LogP contribution in [0.2, 0.25) is 0 Å². The van der Waals surface area contributed by atoms with Crippen molar-refractivity contribution in [2.24, 2.45) is 10.2 Å². The standard InChI is InChI=1S/C9H18N2O3/c1-4-12-6-2-10-11-3-7-14-9-8-13-5-1/h1-9H2/b11-10-. The molecule has 1 aliphatic rings. The average Bonchev–Trinajstić information content (AvgIpc) is 2.22. The predicted molar refractivity (Wildman–Crippen MR) is 51.7 cm³/mol. The molecule has 0 amide bonds. The minimum absolute atomic E-state index is 0.619. The van der Waals surface area contributed by atoms with Crippen molar-refractivity contribution in [3.05, 3.63) is 0 Å². The van der Waals surface area contributed by atoms with E-state index in [1.807, 2.05) is 0 Å². The fraction of sp³-hybridized carbons (Fsp3) is 1.00. The summed E-state index contributed by atoms with van der Waals surface area (Å²) in [4.78, 5) is 0. The van der Waals surface area contributed by atoms with Gasteiger partial charge < -0.3 is 14.2 Å². The molecular formula is C9H18N2O3. The van der Waals surface area contributed by atoms with Crippen molar-refractivity contribution >= 4 is 0 Å². The molecule has 82 valence electrons. The van der Waals surface area contributed by atoms with Crippen molar-refractivity contribution in [1.82, 2.24) is 0 Å². The maximum atomic E-state index is 5.32. The summed E-state index contributed by atoms with van der Waals surface area (Å²) < 4.78 is 15.9. The Morgan fingerprint density at radius 3 is 1.71 bits per heavy atom. The van der Waals surface area contributed by atoms with Gasteiger partial charge in [0.15, 0.2) is 0 Å². The lowest BCUT2D eigenvalue weighted by molar-refractivity contribution is 0.0370. The maximum absolute atomic E-state index is 5.32. The summed E-state index contributed by atoms with van der Waals surface area (Å²) in [6.45, 7) is 5.29. The first-order valence-corrected chi connectivity index (χ1v) is 5.06. The Kier molecular flexibility index (Phi) is 7.47. The summed E-state index contributed by atoms with van der Waals surface area (Å²) in [6.07, 6.45) is 0.928. The fourth-order valence-corrected chi connectivity index (χ4v) is 1.04. The third-order valence-corrected chi connectivity index (χ3v) is 1.72. The number of nitrogens with zero attached hydrogens (tertiary/aromatic N) is 2. The molecule has 0 fully saturated rings. The van der Waals surface area contributed by atoms with Crippen molar-refractivity contribution in [1.29, 1.82) is 0 Å². The minimum Gasteiger partial charge on any atom is -0.379 e. The van der Waals surface area contributed by atoms with Crippen LogP contribution in [0.3, 0.4) is 0 Å². The van der Waals surface area contributed by atoms with Gasteiger partial charge in [0.25, 0.3) is 0 Å². The molecule has 0 radical (unpaired) electrons. The highest BCUT2D eigenvalue weighted by molar-refractivity contribution is 4.43. The molecule has 0 N–H and O–H groups in total. The van der Waals surface area contributed by atoms with Crippen LogP contribution in [-0.4, -0.2) is 52.7 Å². The van der Waals surface area contributed by atoms with Gasteiger partial charge in [-0.25, -0.2) is 0 Å². The number of rotatable bonds is 0. The van der Waals surface area contributed by atoms with E-state index in [2.05, 4.69) is 10.2 Å². The van der Waals surface area contributed by atoms with Gasteiger partial charge in [0, 0.05) is 13.2 Å². The van der Waals surface area contributed by atoms with Crippen LogP contribution in [0, 0.1) is 0 Å². The Bertz CT molecular complexity index is 137. The van der Waals surface area contributed by atoms with E-state index >= 15 is 0 Å². The fourth-order valence-electron chi connectivity index (χ4n) is 1.04. The van der Waals surface area contributed by atoms with Gasteiger partial charge in [-0.15, -0.1) is 0 Å². The van der Waals surface area contributed by atoms with Gasteiger partial charge in [-0.3, -0.25) is 0 Å². The molecule has 0 unspecified atom stereocenters. The monoisotopic (exact) mass is 202 g/mol. The lowest BCUT2D eigenvalue weighted by Crippen LogP contribution is -2.10. The zero-order valence-electron chi connectivity index (χ0n) is 8.48. The van der Waals surface area contributed by atoms with E-state index in [0.29, 0.717) is 39.5 Å². The number of hydrogen-bond acceptors (Lipinski definition) is 5. The predicted octanol–water partition coefficient (Wildman–Crippen LogP) is 0.892. The molecule has 5 nitrogen and oxygen atoms in total. The highest BCUT2D eigenvalue weighted by Gasteiger charge is 1.93. The molecule has 0 aromatic heterocycles. The summed E-state index contributed by atoms with van der Waals surface area (Å²) in [6, 6.07) is 0. The first-order valence-electron chi connectivity index (χ1n) is 5.06. The average molecular weight is 202 g/mol. The second-order valence-electron chi connectivity index (χ2n) is 2.92. The van der Waals surface area contributed by atoms with Crippen LogP contribution >= 0.6 is 0 Å². The molecule has 0 aliphatic carbocycles. The summed E-state index contributed by atoms with van der Waals surface area (Å²) in [7, 11) is 0. The second-order valence-corrected chi connectivity index (χ2v) is 2.92. The van der Waals surface area contributed by atoms with Crippen LogP contribution in [0.15, 0.2) is 10.2 Å². The zero-order valence-corrected chi connectivity index (χ0v) is 8.48. The van der Waals surface area contributed by atoms with Gasteiger partial charge in [-0.1, -0.05) is 0 Å². The SMILES string of the molecule is C1COCC/N=N\CCOCCOC1. The Labute approximate surface area is 84.4 Å². The Hall–Kier alpha value is -0.520. The first kappa shape index (κ1) is 11.6. The van der Waals surface area contributed by atoms with Gasteiger partial charge in [0.1, 0.15) is 0 Å². The van der Waals surface area contributed by atoms with Gasteiger partial charge in [0.05, 0.1) is 39.5 Å². The van der Waals surface area contributed by atoms with Crippen LogP contribution in [0.25, 0.3) is 0 Å². The number of hydrogen-bond donors (Lipinski definition) is 0. The molecule has 0 aromatic rings. The molecule has 5 heteroatoms. The Morgan fingerprint density at radius 2 is 1.07 bits per heavy atom. The van der Waals surface area contributed by atoms with Crippen LogP contribution < -0.4 is 0 Å². The van der Waals surface area contributed by atoms with Crippen molar-refractivity contribution in [2.75, 3.05) is 52.7 Å². The molecule has 0 aromatic carbocycles. The third-order valence-electron chi connectivity index (χ3n) is 1.72. The second kappa shape index (κ2) is 9.05. The van der Waals surface area contributed by atoms with Crippen molar-refractivity contribution in [3.63, 3.8) is 0 Å². The third kappa shape index (κ3) is 6.94. The quantitative estimate of drug-likeness (QED) is 0.586. The summed E-state index contributed by atoms with van der Waals surface area (Å²) in [5, 5.41) is 7.89. The topological polar surface area (TPSA) is 52.4 Å². The van der Waals surface area contributed by atoms with Gasteiger partial charge in [-0.2, -0.15) is 10.2 Å². The van der Waals surface area contributed by atoms with E-state index in [9.17, 15) is 0 Å². The lowest BCUT2D eigenvalue weighted by atomic mass is 10.5. The van der Waals surface area contributed by atoms with Gasteiger partial charge in [-0.05, 0) is 6.42 Å². The van der Waals surface area contributed by atoms with E-state index in [1.54, 1.807) is 0 Å². The van der Waals surface area contributed by atoms with Gasteiger partial charge in [0.2, 0.25) is 0 Å². The molecule has 1 aliphatic heterocycles. The molecule has 0 saturated carbocycles. The zero-order chi connectivity index (χ0) is 9.90. The lowest BCUT2D eigenvalue weighted by Gasteiger charge is -2.06. The summed E-state index contributed by atoms with van der Waals surface area (Å²) in [5.41, 5.74) is 0. The van der Waals surface area contributed by atoms with Gasteiger partial charge >= 0.3 is 0 Å². The molecule has 0 bridgehead atoms. The molecule has 0 spiro atoms. The van der Waals surface area contributed by atoms with Crippen LogP contribution in [0.5, 0.6) is 0 Å². The number of azo groups is 1. The highest BCUT2D eigenvalue weighted by atomic mass is 16.5. The van der Waals surface area contributed by atoms with Crippen LogP contribution in [0.1, 0.15) is 6.42 Å². The van der Waals surface area contributed by atoms with E-state index in [-0.39, 0.29) is 0 Å². The smallest absolute Gasteiger partial charge is 0.0832 e. The molecule has 0 saturated heterocycles. The minimum atomic E-state index is 0.619. The number of ether oxygens (including phenoxy) is 3. The van der Waals surface area contributed by atoms with E-state index in [4.69, 9.17) is 14.2 Å². The normalized spacial score (nSPS) is 25.1. The maximum Gasteiger partial charge on any atom is 0.0832 e. The van der Waals surface area contributed by atoms with E-state index in [0.717, 1.165) is 19.6 Å². The van der Waals surface area contributed by atoms with Crippen molar-refractivity contribution < 1.29 is 14.2 Å². The molecule has 1 heterocycles. The highest BCUT2D eigenvalue weighted by Crippen LogP contribution is 1.88. The summed E-state index contributed by atoms with van der Waals surface area (Å²) in [5.74, 6) is 0. The molecule has 1 rings (SSSR count). The first-order chi connectivity index (χ1) is 7.00. The van der Waals surface area contributed by atoms with Crippen molar-refractivity contribution in [2.45, 2.75) is 6.42 Å². The molecular weight excluding hydrogens is 184 g/mol.